The van der Waals surface area contributed by atoms with E-state index in [1.807, 2.05) is 12.1 Å². The molecule has 148 valence electrons. The molecule has 1 unspecified atom stereocenters. The number of anilines is 2. The highest BCUT2D eigenvalue weighted by Crippen LogP contribution is 2.16. The van der Waals surface area contributed by atoms with Gasteiger partial charge in [0.25, 0.3) is 0 Å². The second-order valence-corrected chi connectivity index (χ2v) is 6.51. The smallest absolute Gasteiger partial charge is 0.225 e. The normalized spacial score (nSPS) is 15.2. The van der Waals surface area contributed by atoms with Crippen molar-refractivity contribution in [1.82, 2.24) is 4.90 Å². The number of carbonyl (C=O) groups excluding carboxylic acids is 2. The lowest BCUT2D eigenvalue weighted by molar-refractivity contribution is -0.117. The molecule has 26 heavy (non-hydrogen) atoms. The fourth-order valence-corrected chi connectivity index (χ4v) is 2.85. The fourth-order valence-electron chi connectivity index (χ4n) is 2.85. The third kappa shape index (κ3) is 9.38. The van der Waals surface area contributed by atoms with E-state index in [4.69, 9.17) is 5.73 Å². The Kier molecular flexibility index (Phi) is 12.3. The lowest BCUT2D eigenvalue weighted by Gasteiger charge is -2.25. The minimum Gasteiger partial charge on any atom is -0.327 e. The fraction of sp³-hybridized carbons (Fsp3) is 0.556. The quantitative estimate of drug-likeness (QED) is 0.651. The number of rotatable bonds is 7. The Labute approximate surface area is 168 Å². The van der Waals surface area contributed by atoms with Gasteiger partial charge in [0.15, 0.2) is 0 Å². The molecule has 1 aliphatic heterocycles. The van der Waals surface area contributed by atoms with Crippen LogP contribution in [0.1, 0.15) is 39.0 Å². The van der Waals surface area contributed by atoms with Crippen LogP contribution in [-0.4, -0.2) is 42.4 Å². The van der Waals surface area contributed by atoms with Gasteiger partial charge in [0, 0.05) is 36.8 Å². The van der Waals surface area contributed by atoms with E-state index >= 15 is 0 Å². The lowest BCUT2D eigenvalue weighted by Crippen LogP contribution is -2.32. The molecule has 0 aromatic heterocycles. The number of hydrogen-bond acceptors (Lipinski definition) is 4. The maximum absolute atomic E-state index is 12.1. The van der Waals surface area contributed by atoms with Crippen LogP contribution in [-0.2, 0) is 9.59 Å². The summed E-state index contributed by atoms with van der Waals surface area (Å²) in [5.74, 6) is -0.127. The molecule has 1 saturated heterocycles. The Morgan fingerprint density at radius 3 is 2.23 bits per heavy atom. The van der Waals surface area contributed by atoms with Gasteiger partial charge in [-0.05, 0) is 51.1 Å². The number of piperidine rings is 1. The molecule has 0 spiro atoms. The van der Waals surface area contributed by atoms with Gasteiger partial charge in [0.05, 0.1) is 0 Å². The zero-order valence-electron chi connectivity index (χ0n) is 15.2. The minimum absolute atomic E-state index is 0. The number of benzene rings is 1. The molecule has 0 bridgehead atoms. The van der Waals surface area contributed by atoms with Gasteiger partial charge in [-0.15, -0.1) is 24.8 Å². The molecule has 8 heteroatoms. The molecule has 1 heterocycles. The molecule has 1 fully saturated rings. The van der Waals surface area contributed by atoms with Crippen LogP contribution in [0.15, 0.2) is 24.3 Å². The summed E-state index contributed by atoms with van der Waals surface area (Å²) >= 11 is 0. The Bertz CT molecular complexity index is 564. The van der Waals surface area contributed by atoms with Crippen molar-refractivity contribution in [2.45, 2.75) is 45.1 Å². The highest BCUT2D eigenvalue weighted by Gasteiger charge is 2.12. The molecule has 0 aliphatic carbocycles. The summed E-state index contributed by atoms with van der Waals surface area (Å²) in [7, 11) is 0. The third-order valence-corrected chi connectivity index (χ3v) is 4.04. The van der Waals surface area contributed by atoms with E-state index in [0.29, 0.717) is 17.8 Å². The van der Waals surface area contributed by atoms with E-state index in [2.05, 4.69) is 15.5 Å². The molecule has 6 nitrogen and oxygen atoms in total. The van der Waals surface area contributed by atoms with Crippen LogP contribution in [0.4, 0.5) is 11.4 Å². The van der Waals surface area contributed by atoms with Gasteiger partial charge >= 0.3 is 0 Å². The topological polar surface area (TPSA) is 87.5 Å². The monoisotopic (exact) mass is 404 g/mol. The van der Waals surface area contributed by atoms with Crippen molar-refractivity contribution in [3.05, 3.63) is 24.3 Å². The molecule has 1 aromatic carbocycles. The van der Waals surface area contributed by atoms with Crippen LogP contribution >= 0.6 is 24.8 Å². The van der Waals surface area contributed by atoms with Crippen molar-refractivity contribution in [1.29, 1.82) is 0 Å². The maximum atomic E-state index is 12.1. The molecule has 1 aliphatic rings. The summed E-state index contributed by atoms with van der Waals surface area (Å²) in [6, 6.07) is 7.00. The summed E-state index contributed by atoms with van der Waals surface area (Å²) in [5, 5.41) is 5.69. The second-order valence-electron chi connectivity index (χ2n) is 6.51. The number of amides is 2. The highest BCUT2D eigenvalue weighted by molar-refractivity contribution is 5.94. The number of nitrogens with one attached hydrogen (secondary N) is 2. The van der Waals surface area contributed by atoms with Crippen molar-refractivity contribution in [3.63, 3.8) is 0 Å². The first kappa shape index (κ1) is 24.7. The van der Waals surface area contributed by atoms with E-state index in [9.17, 15) is 9.59 Å². The number of nitrogens with two attached hydrogens (primary N) is 1. The van der Waals surface area contributed by atoms with E-state index in [1.165, 1.54) is 19.3 Å². The third-order valence-electron chi connectivity index (χ3n) is 4.04. The zero-order valence-corrected chi connectivity index (χ0v) is 16.8. The standard InChI is InChI=1S/C18H28N4O2.2ClH/c1-14(19)12-18(24)21-16-7-5-6-15(13-16)20-17(23)8-11-22-9-3-2-4-10-22;;/h5-7,13-14H,2-4,8-12,19H2,1H3,(H,20,23)(H,21,24);2*1H. The average Bonchev–Trinajstić information content (AvgIpc) is 2.53. The predicted molar refractivity (Wildman–Crippen MR) is 111 cm³/mol. The summed E-state index contributed by atoms with van der Waals surface area (Å²) in [6.45, 7) is 4.78. The van der Waals surface area contributed by atoms with E-state index < -0.39 is 0 Å². The SMILES string of the molecule is CC(N)CC(=O)Nc1cccc(NC(=O)CCN2CCCCC2)c1.Cl.Cl. The molecule has 0 saturated carbocycles. The van der Waals surface area contributed by atoms with Crippen molar-refractivity contribution in [2.75, 3.05) is 30.3 Å². The molecule has 1 aromatic rings. The molecule has 4 N–H and O–H groups in total. The Morgan fingerprint density at radius 2 is 1.65 bits per heavy atom. The summed E-state index contributed by atoms with van der Waals surface area (Å²) in [6.07, 6.45) is 4.51. The number of nitrogens with zero attached hydrogens (tertiary/aromatic N) is 1. The Morgan fingerprint density at radius 1 is 1.08 bits per heavy atom. The number of halogens is 2. The number of carbonyl (C=O) groups is 2. The van der Waals surface area contributed by atoms with Crippen molar-refractivity contribution < 1.29 is 9.59 Å². The number of hydrogen-bond donors (Lipinski definition) is 3. The average molecular weight is 405 g/mol. The van der Waals surface area contributed by atoms with Crippen LogP contribution in [0.5, 0.6) is 0 Å². The Hall–Kier alpha value is -1.34. The van der Waals surface area contributed by atoms with Gasteiger partial charge in [-0.25, -0.2) is 0 Å². The van der Waals surface area contributed by atoms with E-state index in [0.717, 1.165) is 19.6 Å². The van der Waals surface area contributed by atoms with Crippen molar-refractivity contribution in [2.24, 2.45) is 5.73 Å². The first-order valence-corrected chi connectivity index (χ1v) is 8.70. The largest absolute Gasteiger partial charge is 0.327 e. The molecule has 2 amide bonds. The van der Waals surface area contributed by atoms with Crippen LogP contribution in [0, 0.1) is 0 Å². The van der Waals surface area contributed by atoms with Crippen molar-refractivity contribution >= 4 is 48.0 Å². The van der Waals surface area contributed by atoms with Gasteiger partial charge in [0.2, 0.25) is 11.8 Å². The van der Waals surface area contributed by atoms with Crippen molar-refractivity contribution in [3.8, 4) is 0 Å². The van der Waals surface area contributed by atoms with E-state index in [1.54, 1.807) is 19.1 Å². The molecular formula is C18H30Cl2N4O2. The summed E-state index contributed by atoms with van der Waals surface area (Å²) < 4.78 is 0. The van der Waals surface area contributed by atoms with Gasteiger partial charge in [0.1, 0.15) is 0 Å². The summed E-state index contributed by atoms with van der Waals surface area (Å²) in [4.78, 5) is 26.2. The summed E-state index contributed by atoms with van der Waals surface area (Å²) in [5.41, 5.74) is 6.97. The second kappa shape index (κ2) is 12.9. The van der Waals surface area contributed by atoms with Gasteiger partial charge < -0.3 is 21.3 Å². The zero-order chi connectivity index (χ0) is 17.4. The first-order valence-electron chi connectivity index (χ1n) is 8.70. The van der Waals surface area contributed by atoms with Crippen LogP contribution in [0.3, 0.4) is 0 Å². The first-order chi connectivity index (χ1) is 11.5. The van der Waals surface area contributed by atoms with E-state index in [-0.39, 0.29) is 49.1 Å². The van der Waals surface area contributed by atoms with Gasteiger partial charge in [-0.1, -0.05) is 12.5 Å². The lowest BCUT2D eigenvalue weighted by atomic mass is 10.1. The highest BCUT2D eigenvalue weighted by atomic mass is 35.5. The molecule has 0 radical (unpaired) electrons. The molecule has 1 atom stereocenters. The molecular weight excluding hydrogens is 375 g/mol. The maximum Gasteiger partial charge on any atom is 0.225 e. The number of likely N-dealkylation sites (tertiary alicyclic amines) is 1. The molecule has 2 rings (SSSR count). The Balaban J connectivity index is 0.00000312. The van der Waals surface area contributed by atoms with Crippen LogP contribution in [0.25, 0.3) is 0 Å². The van der Waals surface area contributed by atoms with Gasteiger partial charge in [-0.3, -0.25) is 9.59 Å². The minimum atomic E-state index is -0.178. The predicted octanol–water partition coefficient (Wildman–Crippen LogP) is 3.02. The van der Waals surface area contributed by atoms with Crippen LogP contribution in [0.2, 0.25) is 0 Å². The van der Waals surface area contributed by atoms with Gasteiger partial charge in [-0.2, -0.15) is 0 Å². The van der Waals surface area contributed by atoms with Crippen LogP contribution < -0.4 is 16.4 Å².